The summed E-state index contributed by atoms with van der Waals surface area (Å²) in [6.07, 6.45) is 3.66. The number of anilines is 1. The van der Waals surface area contributed by atoms with Crippen molar-refractivity contribution in [2.24, 2.45) is 0 Å². The van der Waals surface area contributed by atoms with Gasteiger partial charge in [-0.25, -0.2) is 0 Å². The smallest absolute Gasteiger partial charge is 0.254 e. The molecule has 1 aliphatic heterocycles. The van der Waals surface area contributed by atoms with Crippen molar-refractivity contribution in [1.82, 2.24) is 4.90 Å². The third-order valence-corrected chi connectivity index (χ3v) is 5.49. The van der Waals surface area contributed by atoms with E-state index in [9.17, 15) is 9.59 Å². The summed E-state index contributed by atoms with van der Waals surface area (Å²) in [5.74, 6) is 0.219. The molecule has 2 aromatic rings. The zero-order valence-electron chi connectivity index (χ0n) is 13.5. The van der Waals surface area contributed by atoms with Gasteiger partial charge in [0.2, 0.25) is 5.91 Å². The molecule has 2 amide bonds. The van der Waals surface area contributed by atoms with Gasteiger partial charge in [-0.2, -0.15) is 0 Å². The lowest BCUT2D eigenvalue weighted by Crippen LogP contribution is -2.32. The SMILES string of the molecule is O=C1CCCN1c1cccc(C(=O)N(Cc2cccs2)C2CC2)c1. The van der Waals surface area contributed by atoms with E-state index in [1.807, 2.05) is 40.6 Å². The molecule has 1 aliphatic carbocycles. The van der Waals surface area contributed by atoms with Crippen LogP contribution in [0.1, 0.15) is 40.9 Å². The third-order valence-electron chi connectivity index (χ3n) is 4.63. The monoisotopic (exact) mass is 340 g/mol. The molecule has 1 aromatic carbocycles. The van der Waals surface area contributed by atoms with Crippen molar-refractivity contribution >= 4 is 28.8 Å². The van der Waals surface area contributed by atoms with E-state index in [4.69, 9.17) is 0 Å². The molecule has 1 saturated carbocycles. The summed E-state index contributed by atoms with van der Waals surface area (Å²) in [6.45, 7) is 1.42. The topological polar surface area (TPSA) is 40.6 Å². The molecule has 0 bridgehead atoms. The van der Waals surface area contributed by atoms with Gasteiger partial charge in [-0.15, -0.1) is 11.3 Å². The van der Waals surface area contributed by atoms with Crippen LogP contribution in [0.15, 0.2) is 41.8 Å². The molecule has 4 nitrogen and oxygen atoms in total. The van der Waals surface area contributed by atoms with Crippen molar-refractivity contribution in [3.8, 4) is 0 Å². The lowest BCUT2D eigenvalue weighted by Gasteiger charge is -2.23. The van der Waals surface area contributed by atoms with E-state index in [1.165, 1.54) is 4.88 Å². The summed E-state index contributed by atoms with van der Waals surface area (Å²) in [5.41, 5.74) is 1.52. The van der Waals surface area contributed by atoms with Crippen LogP contribution in [0.25, 0.3) is 0 Å². The highest BCUT2D eigenvalue weighted by Crippen LogP contribution is 2.31. The average Bonchev–Trinajstić information content (AvgIpc) is 3.13. The fraction of sp³-hybridized carbons (Fsp3) is 0.368. The Morgan fingerprint density at radius 2 is 2.12 bits per heavy atom. The zero-order chi connectivity index (χ0) is 16.5. The molecule has 0 N–H and O–H groups in total. The van der Waals surface area contributed by atoms with Crippen molar-refractivity contribution in [2.45, 2.75) is 38.3 Å². The van der Waals surface area contributed by atoms with Gasteiger partial charge in [0.15, 0.2) is 0 Å². The molecule has 2 heterocycles. The highest BCUT2D eigenvalue weighted by molar-refractivity contribution is 7.09. The average molecular weight is 340 g/mol. The first-order chi connectivity index (χ1) is 11.7. The number of hydrogen-bond donors (Lipinski definition) is 0. The Morgan fingerprint density at radius 1 is 1.25 bits per heavy atom. The summed E-state index contributed by atoms with van der Waals surface area (Å²) in [4.78, 5) is 30.0. The van der Waals surface area contributed by atoms with Crippen molar-refractivity contribution in [1.29, 1.82) is 0 Å². The number of benzene rings is 1. The molecular weight excluding hydrogens is 320 g/mol. The Bertz CT molecular complexity index is 752. The fourth-order valence-corrected chi connectivity index (χ4v) is 3.92. The van der Waals surface area contributed by atoms with E-state index < -0.39 is 0 Å². The first-order valence-corrected chi connectivity index (χ1v) is 9.34. The van der Waals surface area contributed by atoms with E-state index in [1.54, 1.807) is 16.2 Å². The Hall–Kier alpha value is -2.14. The maximum atomic E-state index is 13.0. The van der Waals surface area contributed by atoms with E-state index in [0.717, 1.165) is 31.5 Å². The van der Waals surface area contributed by atoms with Crippen LogP contribution in [-0.4, -0.2) is 29.3 Å². The van der Waals surface area contributed by atoms with Crippen molar-refractivity contribution in [2.75, 3.05) is 11.4 Å². The lowest BCUT2D eigenvalue weighted by atomic mass is 10.1. The number of hydrogen-bond acceptors (Lipinski definition) is 3. The number of amides is 2. The number of carbonyl (C=O) groups is 2. The number of nitrogens with zero attached hydrogens (tertiary/aromatic N) is 2. The van der Waals surface area contributed by atoms with Gasteiger partial charge < -0.3 is 9.80 Å². The second-order valence-electron chi connectivity index (χ2n) is 6.44. The Morgan fingerprint density at radius 3 is 2.79 bits per heavy atom. The van der Waals surface area contributed by atoms with Crippen molar-refractivity contribution in [3.05, 3.63) is 52.2 Å². The summed E-state index contributed by atoms with van der Waals surface area (Å²) in [6, 6.07) is 12.0. The molecule has 2 aliphatic rings. The van der Waals surface area contributed by atoms with Gasteiger partial charge in [0.1, 0.15) is 0 Å². The Balaban J connectivity index is 1.57. The minimum absolute atomic E-state index is 0.0689. The molecule has 24 heavy (non-hydrogen) atoms. The normalized spacial score (nSPS) is 17.3. The first kappa shape index (κ1) is 15.4. The second-order valence-corrected chi connectivity index (χ2v) is 7.48. The van der Waals surface area contributed by atoms with Crippen molar-refractivity contribution < 1.29 is 9.59 Å². The van der Waals surface area contributed by atoms with E-state index in [-0.39, 0.29) is 11.8 Å². The summed E-state index contributed by atoms with van der Waals surface area (Å²) >= 11 is 1.69. The largest absolute Gasteiger partial charge is 0.331 e. The lowest BCUT2D eigenvalue weighted by molar-refractivity contribution is -0.117. The van der Waals surface area contributed by atoms with Gasteiger partial charge >= 0.3 is 0 Å². The van der Waals surface area contributed by atoms with Gasteiger partial charge in [-0.1, -0.05) is 12.1 Å². The maximum absolute atomic E-state index is 13.0. The molecule has 1 saturated heterocycles. The minimum atomic E-state index is 0.0689. The third kappa shape index (κ3) is 3.08. The van der Waals surface area contributed by atoms with Gasteiger partial charge in [-0.05, 0) is 48.9 Å². The molecule has 0 spiro atoms. The maximum Gasteiger partial charge on any atom is 0.254 e. The zero-order valence-corrected chi connectivity index (χ0v) is 14.3. The molecule has 124 valence electrons. The Kier molecular flexibility index (Phi) is 4.10. The molecule has 0 unspecified atom stereocenters. The molecule has 1 aromatic heterocycles. The summed E-state index contributed by atoms with van der Waals surface area (Å²) < 4.78 is 0. The number of thiophene rings is 1. The van der Waals surface area contributed by atoms with Crippen LogP contribution in [0.2, 0.25) is 0 Å². The highest BCUT2D eigenvalue weighted by Gasteiger charge is 2.33. The summed E-state index contributed by atoms with van der Waals surface area (Å²) in [7, 11) is 0. The van der Waals surface area contributed by atoms with Crippen molar-refractivity contribution in [3.63, 3.8) is 0 Å². The molecular formula is C19H20N2O2S. The Labute approximate surface area is 145 Å². The van der Waals surface area contributed by atoms with Gasteiger partial charge in [0, 0.05) is 35.1 Å². The van der Waals surface area contributed by atoms with Crippen LogP contribution in [0.3, 0.4) is 0 Å². The fourth-order valence-electron chi connectivity index (χ4n) is 3.22. The quantitative estimate of drug-likeness (QED) is 0.833. The second kappa shape index (κ2) is 6.40. The van der Waals surface area contributed by atoms with Gasteiger partial charge in [0.25, 0.3) is 5.91 Å². The van der Waals surface area contributed by atoms with Crippen LogP contribution in [0, 0.1) is 0 Å². The molecule has 5 heteroatoms. The molecule has 4 rings (SSSR count). The minimum Gasteiger partial charge on any atom is -0.331 e. The first-order valence-electron chi connectivity index (χ1n) is 8.46. The molecule has 2 fully saturated rings. The number of carbonyl (C=O) groups excluding carboxylic acids is 2. The van der Waals surface area contributed by atoms with E-state index in [2.05, 4.69) is 6.07 Å². The summed E-state index contributed by atoms with van der Waals surface area (Å²) in [5, 5.41) is 2.05. The van der Waals surface area contributed by atoms with Crippen LogP contribution in [-0.2, 0) is 11.3 Å². The van der Waals surface area contributed by atoms with Crippen LogP contribution in [0.4, 0.5) is 5.69 Å². The van der Waals surface area contributed by atoms with Crippen LogP contribution < -0.4 is 4.90 Å². The van der Waals surface area contributed by atoms with E-state index in [0.29, 0.717) is 24.6 Å². The predicted molar refractivity (Wildman–Crippen MR) is 95.2 cm³/mol. The molecule has 0 radical (unpaired) electrons. The van der Waals surface area contributed by atoms with Crippen LogP contribution in [0.5, 0.6) is 0 Å². The van der Waals surface area contributed by atoms with Gasteiger partial charge in [-0.3, -0.25) is 9.59 Å². The highest BCUT2D eigenvalue weighted by atomic mass is 32.1. The van der Waals surface area contributed by atoms with Crippen LogP contribution >= 0.6 is 11.3 Å². The predicted octanol–water partition coefficient (Wildman–Crippen LogP) is 3.68. The standard InChI is InChI=1S/C19H20N2O2S/c22-18-7-2-10-20(18)16-5-1-4-14(12-16)19(23)21(15-8-9-15)13-17-6-3-11-24-17/h1,3-6,11-12,15H,2,7-10,13H2. The van der Waals surface area contributed by atoms with Gasteiger partial charge in [0.05, 0.1) is 6.54 Å². The number of rotatable bonds is 5. The molecule has 0 atom stereocenters. The van der Waals surface area contributed by atoms with E-state index >= 15 is 0 Å².